The molecular formula is C14H10ClNO4S. The van der Waals surface area contributed by atoms with E-state index in [1.54, 1.807) is 30.3 Å². The van der Waals surface area contributed by atoms with Crippen LogP contribution < -0.4 is 0 Å². The number of halogens is 1. The van der Waals surface area contributed by atoms with Crippen molar-refractivity contribution < 1.29 is 14.8 Å². The molecule has 0 aliphatic rings. The zero-order valence-electron chi connectivity index (χ0n) is 10.7. The maximum Gasteiger partial charge on any atom is 0.336 e. The first-order valence-electron chi connectivity index (χ1n) is 5.87. The largest absolute Gasteiger partial charge is 0.478 e. The highest BCUT2D eigenvalue weighted by Crippen LogP contribution is 2.31. The maximum absolute atomic E-state index is 11.1. The summed E-state index contributed by atoms with van der Waals surface area (Å²) in [6.45, 7) is 0. The van der Waals surface area contributed by atoms with E-state index in [9.17, 15) is 14.9 Å². The van der Waals surface area contributed by atoms with E-state index < -0.39 is 10.9 Å². The highest BCUT2D eigenvalue weighted by atomic mass is 35.5. The number of nitro benzene ring substituents is 1. The van der Waals surface area contributed by atoms with Crippen molar-refractivity contribution in [1.82, 2.24) is 0 Å². The molecule has 0 unspecified atom stereocenters. The predicted octanol–water partition coefficient (Wildman–Crippen LogP) is 4.24. The highest BCUT2D eigenvalue weighted by molar-refractivity contribution is 7.98. The van der Waals surface area contributed by atoms with E-state index in [0.717, 1.165) is 0 Å². The smallest absolute Gasteiger partial charge is 0.336 e. The van der Waals surface area contributed by atoms with Crippen molar-refractivity contribution in [3.8, 4) is 0 Å². The van der Waals surface area contributed by atoms with E-state index in [0.29, 0.717) is 15.5 Å². The predicted molar refractivity (Wildman–Crippen MR) is 81.1 cm³/mol. The van der Waals surface area contributed by atoms with Gasteiger partial charge in [0, 0.05) is 27.3 Å². The third-order valence-corrected chi connectivity index (χ3v) is 4.10. The molecule has 1 N–H and O–H groups in total. The molecule has 5 nitrogen and oxygen atoms in total. The van der Waals surface area contributed by atoms with Crippen molar-refractivity contribution in [2.45, 2.75) is 10.6 Å². The Balaban J connectivity index is 2.25. The fraction of sp³-hybridized carbons (Fsp3) is 0.0714. The van der Waals surface area contributed by atoms with Crippen LogP contribution in [0.15, 0.2) is 47.4 Å². The lowest BCUT2D eigenvalue weighted by Crippen LogP contribution is -1.99. The number of rotatable bonds is 5. The molecule has 0 atom stereocenters. The molecule has 0 bridgehead atoms. The van der Waals surface area contributed by atoms with Crippen LogP contribution in [0, 0.1) is 10.1 Å². The van der Waals surface area contributed by atoms with Gasteiger partial charge in [0.2, 0.25) is 0 Å². The molecule has 21 heavy (non-hydrogen) atoms. The van der Waals surface area contributed by atoms with Gasteiger partial charge < -0.3 is 5.11 Å². The summed E-state index contributed by atoms with van der Waals surface area (Å²) in [5.74, 6) is -0.735. The Labute approximate surface area is 129 Å². The van der Waals surface area contributed by atoms with E-state index in [4.69, 9.17) is 16.7 Å². The first-order chi connectivity index (χ1) is 9.99. The van der Waals surface area contributed by atoms with Gasteiger partial charge in [-0.2, -0.15) is 0 Å². The van der Waals surface area contributed by atoms with Crippen molar-refractivity contribution in [2.75, 3.05) is 0 Å². The van der Waals surface area contributed by atoms with Crippen LogP contribution in [0.3, 0.4) is 0 Å². The fourth-order valence-corrected chi connectivity index (χ4v) is 2.96. The molecule has 0 amide bonds. The number of hydrogen-bond acceptors (Lipinski definition) is 4. The molecule has 108 valence electrons. The molecule has 0 radical (unpaired) electrons. The molecule has 2 rings (SSSR count). The van der Waals surface area contributed by atoms with Crippen LogP contribution in [0.4, 0.5) is 5.69 Å². The zero-order chi connectivity index (χ0) is 15.4. The van der Waals surface area contributed by atoms with Crippen LogP contribution in [0.25, 0.3) is 0 Å². The minimum Gasteiger partial charge on any atom is -0.478 e. The number of carbonyl (C=O) groups is 1. The first-order valence-corrected chi connectivity index (χ1v) is 7.23. The lowest BCUT2D eigenvalue weighted by Gasteiger charge is -2.06. The fourth-order valence-electron chi connectivity index (χ4n) is 1.75. The van der Waals surface area contributed by atoms with Gasteiger partial charge in [-0.25, -0.2) is 4.79 Å². The minimum absolute atomic E-state index is 0.0668. The second-order valence-corrected chi connectivity index (χ2v) is 5.57. The topological polar surface area (TPSA) is 80.4 Å². The van der Waals surface area contributed by atoms with Crippen molar-refractivity contribution >= 4 is 35.0 Å². The molecule has 0 heterocycles. The summed E-state index contributed by atoms with van der Waals surface area (Å²) in [7, 11) is 0. The van der Waals surface area contributed by atoms with Crippen molar-refractivity contribution in [3.05, 3.63) is 68.7 Å². The summed E-state index contributed by atoms with van der Waals surface area (Å²) in [6, 6.07) is 11.0. The Kier molecular flexibility index (Phi) is 4.82. The lowest BCUT2D eigenvalue weighted by molar-refractivity contribution is -0.385. The Hall–Kier alpha value is -2.05. The first kappa shape index (κ1) is 15.3. The quantitative estimate of drug-likeness (QED) is 0.505. The van der Waals surface area contributed by atoms with Crippen LogP contribution in [0.5, 0.6) is 0 Å². The summed E-state index contributed by atoms with van der Waals surface area (Å²) in [4.78, 5) is 22.2. The van der Waals surface area contributed by atoms with Crippen molar-refractivity contribution in [3.63, 3.8) is 0 Å². The highest BCUT2D eigenvalue weighted by Gasteiger charge is 2.16. The average molecular weight is 324 g/mol. The number of aromatic carboxylic acids is 1. The Bertz CT molecular complexity index is 705. The van der Waals surface area contributed by atoms with Gasteiger partial charge in [-0.15, -0.1) is 11.8 Å². The summed E-state index contributed by atoms with van der Waals surface area (Å²) < 4.78 is 0. The van der Waals surface area contributed by atoms with Gasteiger partial charge in [-0.1, -0.05) is 23.7 Å². The molecule has 0 saturated carbocycles. The third-order valence-electron chi connectivity index (χ3n) is 2.74. The second-order valence-electron chi connectivity index (χ2n) is 4.12. The summed E-state index contributed by atoms with van der Waals surface area (Å²) in [5.41, 5.74) is 0.608. The second kappa shape index (κ2) is 6.60. The molecule has 0 saturated heterocycles. The number of nitro groups is 1. The van der Waals surface area contributed by atoms with Gasteiger partial charge >= 0.3 is 5.97 Å². The SMILES string of the molecule is O=C(O)c1ccccc1SCc1ccc(Cl)cc1[N+](=O)[O-]. The van der Waals surface area contributed by atoms with E-state index in [2.05, 4.69) is 0 Å². The van der Waals surface area contributed by atoms with Gasteiger partial charge in [0.25, 0.3) is 5.69 Å². The van der Waals surface area contributed by atoms with E-state index in [-0.39, 0.29) is 17.0 Å². The van der Waals surface area contributed by atoms with Crippen LogP contribution in [0.2, 0.25) is 5.02 Å². The maximum atomic E-state index is 11.1. The molecular weight excluding hydrogens is 314 g/mol. The Morgan fingerprint density at radius 2 is 2.00 bits per heavy atom. The number of carboxylic acids is 1. The Morgan fingerprint density at radius 1 is 1.29 bits per heavy atom. The number of carboxylic acid groups (broad SMARTS) is 1. The normalized spacial score (nSPS) is 10.3. The monoisotopic (exact) mass is 323 g/mol. The molecule has 7 heteroatoms. The average Bonchev–Trinajstić information content (AvgIpc) is 2.46. The van der Waals surface area contributed by atoms with Crippen molar-refractivity contribution in [2.24, 2.45) is 0 Å². The molecule has 0 aliphatic heterocycles. The molecule has 2 aromatic rings. The van der Waals surface area contributed by atoms with Gasteiger partial charge in [0.1, 0.15) is 0 Å². The van der Waals surface area contributed by atoms with Gasteiger partial charge in [0.05, 0.1) is 10.5 Å². The van der Waals surface area contributed by atoms with Gasteiger partial charge in [-0.05, 0) is 24.3 Å². The molecule has 0 aromatic heterocycles. The lowest BCUT2D eigenvalue weighted by atomic mass is 10.2. The summed E-state index contributed by atoms with van der Waals surface area (Å²) in [6.07, 6.45) is 0. The van der Waals surface area contributed by atoms with Gasteiger partial charge in [-0.3, -0.25) is 10.1 Å². The number of hydrogen-bond donors (Lipinski definition) is 1. The van der Waals surface area contributed by atoms with Crippen LogP contribution in [-0.4, -0.2) is 16.0 Å². The molecule has 0 aliphatic carbocycles. The van der Waals surface area contributed by atoms with Crippen molar-refractivity contribution in [1.29, 1.82) is 0 Å². The van der Waals surface area contributed by atoms with Crippen LogP contribution in [0.1, 0.15) is 15.9 Å². The zero-order valence-corrected chi connectivity index (χ0v) is 12.2. The number of thioether (sulfide) groups is 1. The van der Waals surface area contributed by atoms with Crippen LogP contribution in [-0.2, 0) is 5.75 Å². The van der Waals surface area contributed by atoms with E-state index in [1.165, 1.54) is 23.9 Å². The number of benzene rings is 2. The molecule has 2 aromatic carbocycles. The summed E-state index contributed by atoms with van der Waals surface area (Å²) >= 11 is 6.99. The standard InChI is InChI=1S/C14H10ClNO4S/c15-10-6-5-9(12(7-10)16(19)20)8-21-13-4-2-1-3-11(13)14(17)18/h1-7H,8H2,(H,17,18). The third kappa shape index (κ3) is 3.74. The molecule has 0 spiro atoms. The molecule has 0 fully saturated rings. The van der Waals surface area contributed by atoms with E-state index in [1.807, 2.05) is 0 Å². The van der Waals surface area contributed by atoms with E-state index >= 15 is 0 Å². The van der Waals surface area contributed by atoms with Gasteiger partial charge in [0.15, 0.2) is 0 Å². The summed E-state index contributed by atoms with van der Waals surface area (Å²) in [5, 5.41) is 20.4. The number of nitrogens with zero attached hydrogens (tertiary/aromatic N) is 1. The minimum atomic E-state index is -1.02. The van der Waals surface area contributed by atoms with Crippen LogP contribution >= 0.6 is 23.4 Å². The Morgan fingerprint density at radius 3 is 2.67 bits per heavy atom.